The molecule has 2 aromatic heterocycles. The maximum atomic E-state index is 10.9. The van der Waals surface area contributed by atoms with Crippen LogP contribution in [-0.2, 0) is 9.05 Å². The van der Waals surface area contributed by atoms with E-state index in [4.69, 9.17) is 10.7 Å². The van der Waals surface area contributed by atoms with Crippen molar-refractivity contribution in [2.75, 3.05) is 0 Å². The molecule has 0 saturated carbocycles. The Morgan fingerprint density at radius 2 is 2.27 bits per heavy atom. The number of hydrogen-bond donors (Lipinski definition) is 1. The van der Waals surface area contributed by atoms with E-state index in [1.165, 1.54) is 11.3 Å². The van der Waals surface area contributed by atoms with E-state index in [1.807, 2.05) is 6.92 Å². The highest BCUT2D eigenvalue weighted by Gasteiger charge is 2.17. The van der Waals surface area contributed by atoms with Crippen LogP contribution >= 0.6 is 22.0 Å². The van der Waals surface area contributed by atoms with E-state index >= 15 is 0 Å². The minimum atomic E-state index is -3.86. The summed E-state index contributed by atoms with van der Waals surface area (Å²) in [5, 5.41) is 6.48. The lowest BCUT2D eigenvalue weighted by Crippen LogP contribution is -1.92. The van der Waals surface area contributed by atoms with Crippen molar-refractivity contribution in [3.05, 3.63) is 11.2 Å². The molecular formula is C6H5ClN4O2S2. The first kappa shape index (κ1) is 10.5. The van der Waals surface area contributed by atoms with Crippen LogP contribution < -0.4 is 0 Å². The lowest BCUT2D eigenvalue weighted by Gasteiger charge is -1.84. The molecule has 0 amide bonds. The lowest BCUT2D eigenvalue weighted by atomic mass is 10.5. The van der Waals surface area contributed by atoms with E-state index in [9.17, 15) is 8.42 Å². The monoisotopic (exact) mass is 264 g/mol. The number of thiazole rings is 1. The van der Waals surface area contributed by atoms with Crippen molar-refractivity contribution in [1.29, 1.82) is 0 Å². The average Bonchev–Trinajstić information content (AvgIpc) is 2.69. The van der Waals surface area contributed by atoms with Gasteiger partial charge in [0.2, 0.25) is 0 Å². The van der Waals surface area contributed by atoms with Crippen LogP contribution in [0.2, 0.25) is 0 Å². The van der Waals surface area contributed by atoms with Crippen LogP contribution in [0.1, 0.15) is 5.01 Å². The van der Waals surface area contributed by atoms with Crippen LogP contribution in [-0.4, -0.2) is 28.6 Å². The van der Waals surface area contributed by atoms with Gasteiger partial charge in [0, 0.05) is 16.9 Å². The fourth-order valence-electron chi connectivity index (χ4n) is 0.931. The molecular weight excluding hydrogens is 260 g/mol. The number of aromatic nitrogens is 4. The number of aromatic amines is 1. The zero-order chi connectivity index (χ0) is 11.1. The van der Waals surface area contributed by atoms with E-state index in [-0.39, 0.29) is 11.0 Å². The maximum absolute atomic E-state index is 10.9. The molecule has 0 saturated heterocycles. The molecule has 0 fully saturated rings. The summed E-state index contributed by atoms with van der Waals surface area (Å²) >= 11 is 1.37. The van der Waals surface area contributed by atoms with Crippen LogP contribution in [0.4, 0.5) is 0 Å². The molecule has 0 atom stereocenters. The van der Waals surface area contributed by atoms with Gasteiger partial charge in [-0.05, 0) is 6.92 Å². The third kappa shape index (κ3) is 2.16. The van der Waals surface area contributed by atoms with Gasteiger partial charge in [0.15, 0.2) is 5.82 Å². The standard InChI is InChI=1S/C6H5ClN4O2S2/c1-3-8-2-4(14-3)5-9-6(11-10-5)15(7,12)13/h2H,1H3,(H,9,10,11). The molecule has 0 bridgehead atoms. The summed E-state index contributed by atoms with van der Waals surface area (Å²) in [4.78, 5) is 8.45. The topological polar surface area (TPSA) is 88.6 Å². The van der Waals surface area contributed by atoms with E-state index < -0.39 is 9.05 Å². The van der Waals surface area contributed by atoms with E-state index in [1.54, 1.807) is 6.20 Å². The molecule has 15 heavy (non-hydrogen) atoms. The minimum absolute atomic E-state index is 0.278. The Morgan fingerprint density at radius 1 is 1.53 bits per heavy atom. The molecule has 2 aromatic rings. The number of aryl methyl sites for hydroxylation is 1. The Labute approximate surface area is 93.8 Å². The van der Waals surface area contributed by atoms with Crippen LogP contribution in [0.3, 0.4) is 0 Å². The molecule has 9 heteroatoms. The fourth-order valence-corrected chi connectivity index (χ4v) is 2.20. The Hall–Kier alpha value is -0.990. The highest BCUT2D eigenvalue weighted by Crippen LogP contribution is 2.23. The maximum Gasteiger partial charge on any atom is 0.296 e. The summed E-state index contributed by atoms with van der Waals surface area (Å²) in [7, 11) is 1.23. The van der Waals surface area contributed by atoms with Gasteiger partial charge in [0.1, 0.15) is 0 Å². The van der Waals surface area contributed by atoms with Crippen molar-refractivity contribution in [3.8, 4) is 10.7 Å². The second-order valence-corrected chi connectivity index (χ2v) is 6.36. The van der Waals surface area contributed by atoms with E-state index in [0.717, 1.165) is 5.01 Å². The summed E-state index contributed by atoms with van der Waals surface area (Å²) < 4.78 is 21.8. The van der Waals surface area contributed by atoms with Crippen molar-refractivity contribution >= 4 is 31.1 Å². The molecule has 0 radical (unpaired) electrons. The SMILES string of the molecule is Cc1ncc(-c2n[nH]c(S(=O)(=O)Cl)n2)s1. The molecule has 0 aliphatic rings. The third-order valence-electron chi connectivity index (χ3n) is 1.54. The van der Waals surface area contributed by atoms with Crippen molar-refractivity contribution in [2.24, 2.45) is 0 Å². The smallest absolute Gasteiger partial charge is 0.249 e. The van der Waals surface area contributed by atoms with Gasteiger partial charge in [-0.15, -0.1) is 11.3 Å². The molecule has 2 rings (SSSR count). The predicted octanol–water partition coefficient (Wildman–Crippen LogP) is 1.16. The van der Waals surface area contributed by atoms with Gasteiger partial charge in [-0.1, -0.05) is 0 Å². The molecule has 0 aliphatic heterocycles. The van der Waals surface area contributed by atoms with Gasteiger partial charge >= 0.3 is 0 Å². The summed E-state index contributed by atoms with van der Waals surface area (Å²) in [6.07, 6.45) is 1.58. The van der Waals surface area contributed by atoms with Crippen molar-refractivity contribution in [2.45, 2.75) is 12.1 Å². The first-order valence-electron chi connectivity index (χ1n) is 3.76. The molecule has 0 aromatic carbocycles. The molecule has 0 unspecified atom stereocenters. The lowest BCUT2D eigenvalue weighted by molar-refractivity contribution is 0.602. The summed E-state index contributed by atoms with van der Waals surface area (Å²) in [5.74, 6) is 0.278. The number of nitrogens with zero attached hydrogens (tertiary/aromatic N) is 3. The summed E-state index contributed by atoms with van der Waals surface area (Å²) in [5.41, 5.74) is 0. The van der Waals surface area contributed by atoms with Gasteiger partial charge in [0.25, 0.3) is 14.2 Å². The van der Waals surface area contributed by atoms with Crippen molar-refractivity contribution < 1.29 is 8.42 Å². The van der Waals surface area contributed by atoms with Crippen LogP contribution in [0.25, 0.3) is 10.7 Å². The number of rotatable bonds is 2. The molecule has 1 N–H and O–H groups in total. The first-order valence-corrected chi connectivity index (χ1v) is 6.89. The highest BCUT2D eigenvalue weighted by molar-refractivity contribution is 8.13. The normalized spacial score (nSPS) is 11.9. The van der Waals surface area contributed by atoms with Gasteiger partial charge in [-0.25, -0.2) is 18.5 Å². The number of nitrogens with one attached hydrogen (secondary N) is 1. The van der Waals surface area contributed by atoms with Crippen LogP contribution in [0.5, 0.6) is 0 Å². The molecule has 80 valence electrons. The van der Waals surface area contributed by atoms with Crippen molar-refractivity contribution in [3.63, 3.8) is 0 Å². The van der Waals surface area contributed by atoms with Gasteiger partial charge < -0.3 is 0 Å². The fraction of sp³-hybridized carbons (Fsp3) is 0.167. The van der Waals surface area contributed by atoms with Crippen LogP contribution in [0.15, 0.2) is 11.4 Å². The average molecular weight is 265 g/mol. The van der Waals surface area contributed by atoms with Gasteiger partial charge in [-0.3, -0.25) is 0 Å². The third-order valence-corrected chi connectivity index (χ3v) is 3.53. The predicted molar refractivity (Wildman–Crippen MR) is 55.3 cm³/mol. The molecule has 0 aliphatic carbocycles. The number of hydrogen-bond acceptors (Lipinski definition) is 6. The number of halogens is 1. The quantitative estimate of drug-likeness (QED) is 0.823. The second kappa shape index (κ2) is 3.54. The Morgan fingerprint density at radius 3 is 2.73 bits per heavy atom. The molecule has 2 heterocycles. The van der Waals surface area contributed by atoms with E-state index in [2.05, 4.69) is 20.2 Å². The second-order valence-electron chi connectivity index (χ2n) is 2.65. The molecule has 0 spiro atoms. The van der Waals surface area contributed by atoms with E-state index in [0.29, 0.717) is 4.88 Å². The van der Waals surface area contributed by atoms with Gasteiger partial charge in [0.05, 0.1) is 9.88 Å². The Balaban J connectivity index is 2.44. The van der Waals surface area contributed by atoms with Crippen molar-refractivity contribution in [1.82, 2.24) is 20.2 Å². The highest BCUT2D eigenvalue weighted by atomic mass is 35.7. The zero-order valence-corrected chi connectivity index (χ0v) is 9.82. The Kier molecular flexibility index (Phi) is 2.49. The first-order chi connectivity index (χ1) is 6.97. The summed E-state index contributed by atoms with van der Waals surface area (Å²) in [6, 6.07) is 0. The van der Waals surface area contributed by atoms with Gasteiger partial charge in [-0.2, -0.15) is 10.1 Å². The Bertz CT molecular complexity index is 588. The zero-order valence-electron chi connectivity index (χ0n) is 7.43. The van der Waals surface area contributed by atoms with Crippen LogP contribution in [0, 0.1) is 6.92 Å². The molecule has 6 nitrogen and oxygen atoms in total. The number of H-pyrrole nitrogens is 1. The largest absolute Gasteiger partial charge is 0.296 e. The summed E-state index contributed by atoms with van der Waals surface area (Å²) in [6.45, 7) is 1.83. The minimum Gasteiger partial charge on any atom is -0.249 e.